The van der Waals surface area contributed by atoms with Crippen LogP contribution in [0.3, 0.4) is 0 Å². The number of aromatic nitrogens is 3. The van der Waals surface area contributed by atoms with Crippen molar-refractivity contribution in [1.29, 1.82) is 0 Å². The van der Waals surface area contributed by atoms with Gasteiger partial charge in [0.2, 0.25) is 0 Å². The monoisotopic (exact) mass is 501 g/mol. The van der Waals surface area contributed by atoms with Gasteiger partial charge in [-0.15, -0.1) is 0 Å². The molecular formula is C29H31N3O5. The van der Waals surface area contributed by atoms with E-state index in [1.807, 2.05) is 62.4 Å². The summed E-state index contributed by atoms with van der Waals surface area (Å²) in [5, 5.41) is 12.1. The summed E-state index contributed by atoms with van der Waals surface area (Å²) < 4.78 is 13.0. The fraction of sp³-hybridized carbons (Fsp3) is 0.345. The maximum absolute atomic E-state index is 13.5. The summed E-state index contributed by atoms with van der Waals surface area (Å²) in [4.78, 5) is 29.8. The van der Waals surface area contributed by atoms with E-state index in [0.29, 0.717) is 29.3 Å². The lowest BCUT2D eigenvalue weighted by Crippen LogP contribution is -2.25. The highest BCUT2D eigenvalue weighted by Gasteiger charge is 2.26. The summed E-state index contributed by atoms with van der Waals surface area (Å²) in [6, 6.07) is 16.8. The fourth-order valence-corrected chi connectivity index (χ4v) is 4.98. The molecule has 1 aliphatic carbocycles. The maximum Gasteiger partial charge on any atom is 0.353 e. The van der Waals surface area contributed by atoms with Gasteiger partial charge in [0, 0.05) is 17.2 Å². The molecule has 0 unspecified atom stereocenters. The van der Waals surface area contributed by atoms with Gasteiger partial charge in [-0.25, -0.2) is 14.3 Å². The first-order valence-corrected chi connectivity index (χ1v) is 12.8. The minimum atomic E-state index is -1.13. The molecule has 1 aliphatic rings. The number of nitrogens with zero attached hydrogens (tertiary/aromatic N) is 2. The quantitative estimate of drug-likeness (QED) is 0.316. The molecule has 0 aliphatic heterocycles. The van der Waals surface area contributed by atoms with Gasteiger partial charge < -0.3 is 14.6 Å². The Kier molecular flexibility index (Phi) is 6.99. The van der Waals surface area contributed by atoms with E-state index in [4.69, 9.17) is 14.5 Å². The third-order valence-electron chi connectivity index (χ3n) is 6.70. The minimum absolute atomic E-state index is 0.0667. The SMILES string of the molecule is CC(C)Oc1cccc(COc2ccc(-c3nc4cc(C(=O)O)[nH]n4c(=O)c3C3CCCCC3)cc2)c1. The standard InChI is InChI=1S/C29H31N3O5/c1-18(2)37-23-10-6-7-19(15-23)17-36-22-13-11-21(12-14-22)27-26(20-8-4-3-5-9-20)28(33)32-25(30-27)16-24(31-32)29(34)35/h6-7,10-16,18,20,31H,3-5,8-9,17H2,1-2H3,(H,34,35). The highest BCUT2D eigenvalue weighted by molar-refractivity contribution is 5.86. The molecule has 192 valence electrons. The summed E-state index contributed by atoms with van der Waals surface area (Å²) in [6.07, 6.45) is 5.23. The Morgan fingerprint density at radius 2 is 1.84 bits per heavy atom. The number of ether oxygens (including phenoxy) is 2. The molecular weight excluding hydrogens is 470 g/mol. The average molecular weight is 502 g/mol. The molecule has 0 bridgehead atoms. The van der Waals surface area contributed by atoms with Crippen LogP contribution in [0, 0.1) is 0 Å². The summed E-state index contributed by atoms with van der Waals surface area (Å²) in [5.41, 5.74) is 3.05. The van der Waals surface area contributed by atoms with E-state index in [-0.39, 0.29) is 23.3 Å². The van der Waals surface area contributed by atoms with E-state index in [9.17, 15) is 14.7 Å². The van der Waals surface area contributed by atoms with Crippen LogP contribution in [0.5, 0.6) is 11.5 Å². The number of H-pyrrole nitrogens is 1. The number of carbonyl (C=O) groups is 1. The van der Waals surface area contributed by atoms with Crippen molar-refractivity contribution in [2.45, 2.75) is 64.6 Å². The molecule has 0 spiro atoms. The van der Waals surface area contributed by atoms with Crippen molar-refractivity contribution in [2.24, 2.45) is 0 Å². The van der Waals surface area contributed by atoms with Crippen molar-refractivity contribution in [2.75, 3.05) is 0 Å². The number of carboxylic acid groups (broad SMARTS) is 1. The summed E-state index contributed by atoms with van der Waals surface area (Å²) >= 11 is 0. The van der Waals surface area contributed by atoms with Crippen molar-refractivity contribution >= 4 is 11.6 Å². The van der Waals surface area contributed by atoms with Crippen LogP contribution >= 0.6 is 0 Å². The van der Waals surface area contributed by atoms with Gasteiger partial charge in [-0.3, -0.25) is 9.89 Å². The zero-order valence-corrected chi connectivity index (χ0v) is 21.1. The molecule has 1 fully saturated rings. The van der Waals surface area contributed by atoms with Gasteiger partial charge in [-0.2, -0.15) is 0 Å². The van der Waals surface area contributed by atoms with Crippen molar-refractivity contribution in [3.05, 3.63) is 81.8 Å². The normalized spacial score (nSPS) is 14.2. The first kappa shape index (κ1) is 24.6. The largest absolute Gasteiger partial charge is 0.491 e. The van der Waals surface area contributed by atoms with Crippen LogP contribution in [-0.2, 0) is 6.61 Å². The molecule has 8 nitrogen and oxygen atoms in total. The molecule has 5 rings (SSSR count). The van der Waals surface area contributed by atoms with Crippen molar-refractivity contribution in [3.63, 3.8) is 0 Å². The van der Waals surface area contributed by atoms with Gasteiger partial charge in [-0.05, 0) is 74.6 Å². The van der Waals surface area contributed by atoms with Crippen LogP contribution in [-0.4, -0.2) is 31.8 Å². The summed E-state index contributed by atoms with van der Waals surface area (Å²) in [5.74, 6) is 0.470. The lowest BCUT2D eigenvalue weighted by molar-refractivity contribution is 0.0690. The lowest BCUT2D eigenvalue weighted by Gasteiger charge is -2.23. The van der Waals surface area contributed by atoms with E-state index in [1.165, 1.54) is 10.6 Å². The smallest absolute Gasteiger partial charge is 0.353 e. The molecule has 4 aromatic rings. The molecule has 0 radical (unpaired) electrons. The highest BCUT2D eigenvalue weighted by atomic mass is 16.5. The molecule has 2 aromatic carbocycles. The summed E-state index contributed by atoms with van der Waals surface area (Å²) in [6.45, 7) is 4.38. The number of nitrogens with one attached hydrogen (secondary N) is 1. The second-order valence-corrected chi connectivity index (χ2v) is 9.81. The van der Waals surface area contributed by atoms with Crippen LogP contribution in [0.2, 0.25) is 0 Å². The molecule has 37 heavy (non-hydrogen) atoms. The molecule has 0 amide bonds. The fourth-order valence-electron chi connectivity index (χ4n) is 4.98. The predicted molar refractivity (Wildman–Crippen MR) is 141 cm³/mol. The Morgan fingerprint density at radius 1 is 1.08 bits per heavy atom. The van der Waals surface area contributed by atoms with E-state index in [0.717, 1.165) is 49.0 Å². The third-order valence-corrected chi connectivity index (χ3v) is 6.70. The Bertz CT molecular complexity index is 1460. The van der Waals surface area contributed by atoms with E-state index >= 15 is 0 Å². The number of hydrogen-bond donors (Lipinski definition) is 2. The number of hydrogen-bond acceptors (Lipinski definition) is 5. The number of rotatable bonds is 8. The van der Waals surface area contributed by atoms with Gasteiger partial charge in [0.1, 0.15) is 23.8 Å². The number of aromatic amines is 1. The van der Waals surface area contributed by atoms with Crippen LogP contribution in [0.4, 0.5) is 0 Å². The van der Waals surface area contributed by atoms with Gasteiger partial charge in [0.15, 0.2) is 5.65 Å². The van der Waals surface area contributed by atoms with E-state index in [2.05, 4.69) is 5.10 Å². The Morgan fingerprint density at radius 3 is 2.54 bits per heavy atom. The maximum atomic E-state index is 13.5. The zero-order chi connectivity index (χ0) is 25.9. The molecule has 2 aromatic heterocycles. The Balaban J connectivity index is 1.44. The average Bonchev–Trinajstić information content (AvgIpc) is 3.33. The molecule has 2 N–H and O–H groups in total. The molecule has 8 heteroatoms. The van der Waals surface area contributed by atoms with Gasteiger partial charge in [0.05, 0.1) is 11.8 Å². The second-order valence-electron chi connectivity index (χ2n) is 9.81. The van der Waals surface area contributed by atoms with Gasteiger partial charge >= 0.3 is 5.97 Å². The van der Waals surface area contributed by atoms with Crippen molar-refractivity contribution in [1.82, 2.24) is 14.6 Å². The van der Waals surface area contributed by atoms with Gasteiger partial charge in [0.25, 0.3) is 5.56 Å². The van der Waals surface area contributed by atoms with E-state index in [1.54, 1.807) is 0 Å². The van der Waals surface area contributed by atoms with E-state index < -0.39 is 5.97 Å². The van der Waals surface area contributed by atoms with Crippen molar-refractivity contribution < 1.29 is 19.4 Å². The van der Waals surface area contributed by atoms with Crippen LogP contribution < -0.4 is 15.0 Å². The van der Waals surface area contributed by atoms with Gasteiger partial charge in [-0.1, -0.05) is 31.4 Å². The number of benzene rings is 2. The Hall–Kier alpha value is -4.07. The minimum Gasteiger partial charge on any atom is -0.491 e. The van der Waals surface area contributed by atoms with Crippen LogP contribution in [0.25, 0.3) is 16.9 Å². The third kappa shape index (κ3) is 5.38. The first-order chi connectivity index (χ1) is 17.9. The topological polar surface area (TPSA) is 106 Å². The molecule has 2 heterocycles. The number of aromatic carboxylic acids is 1. The molecule has 0 atom stereocenters. The number of fused-ring (bicyclic) bond motifs is 1. The summed E-state index contributed by atoms with van der Waals surface area (Å²) in [7, 11) is 0. The second kappa shape index (κ2) is 10.5. The number of carboxylic acids is 1. The van der Waals surface area contributed by atoms with Crippen LogP contribution in [0.1, 0.15) is 73.5 Å². The zero-order valence-electron chi connectivity index (χ0n) is 21.1. The first-order valence-electron chi connectivity index (χ1n) is 12.8. The van der Waals surface area contributed by atoms with Crippen LogP contribution in [0.15, 0.2) is 59.4 Å². The predicted octanol–water partition coefficient (Wildman–Crippen LogP) is 5.80. The molecule has 1 saturated carbocycles. The van der Waals surface area contributed by atoms with Crippen molar-refractivity contribution in [3.8, 4) is 22.8 Å². The highest BCUT2D eigenvalue weighted by Crippen LogP contribution is 2.36. The Labute approximate surface area is 214 Å². The lowest BCUT2D eigenvalue weighted by atomic mass is 9.83. The molecule has 0 saturated heterocycles.